The number of anilines is 1. The molecule has 0 aliphatic carbocycles. The Kier molecular flexibility index (Phi) is 10.7. The standard InChI is InChI=1S/C35H36N2O6S/c1-23(39)32(18-24-6-3-2-4-7-24)37-35(41)36-28-9-5-8-27(19-28)34-42-30(22-44-31-16-14-29(40)15-17-31)20-33(43-34)26-12-10-25(21-38)11-13-26/h2-17,19,30,32-34,38,40H,18,20-22H2,1H3,(H2,36,37,41). The van der Waals surface area contributed by atoms with E-state index in [1.54, 1.807) is 30.0 Å². The number of phenols is 1. The molecule has 0 aromatic heterocycles. The minimum Gasteiger partial charge on any atom is -0.508 e. The van der Waals surface area contributed by atoms with Crippen molar-refractivity contribution in [2.45, 2.75) is 55.8 Å². The van der Waals surface area contributed by atoms with Gasteiger partial charge in [0.2, 0.25) is 0 Å². The Balaban J connectivity index is 1.29. The van der Waals surface area contributed by atoms with E-state index in [2.05, 4.69) is 10.6 Å². The molecule has 0 saturated carbocycles. The summed E-state index contributed by atoms with van der Waals surface area (Å²) >= 11 is 1.64. The van der Waals surface area contributed by atoms with Crippen molar-refractivity contribution >= 4 is 29.3 Å². The van der Waals surface area contributed by atoms with Crippen LogP contribution in [0.5, 0.6) is 5.75 Å². The fourth-order valence-corrected chi connectivity index (χ4v) is 5.91. The molecule has 5 rings (SSSR count). The van der Waals surface area contributed by atoms with Crippen LogP contribution in [-0.4, -0.2) is 39.9 Å². The summed E-state index contributed by atoms with van der Waals surface area (Å²) in [4.78, 5) is 26.2. The third-order valence-electron chi connectivity index (χ3n) is 7.38. The number of aliphatic hydroxyl groups excluding tert-OH is 1. The molecule has 0 bridgehead atoms. The maximum absolute atomic E-state index is 12.9. The van der Waals surface area contributed by atoms with Gasteiger partial charge in [-0.1, -0.05) is 66.7 Å². The van der Waals surface area contributed by atoms with Crippen molar-refractivity contribution in [3.05, 3.63) is 125 Å². The second-order valence-electron chi connectivity index (χ2n) is 10.7. The SMILES string of the molecule is CC(=O)C(Cc1ccccc1)NC(=O)Nc1cccc(C2OC(CSc3ccc(O)cc3)CC(c3ccc(CO)cc3)O2)c1. The molecule has 44 heavy (non-hydrogen) atoms. The number of Topliss-reactive ketones (excluding diaryl/α,β-unsaturated/α-hetero) is 1. The van der Waals surface area contributed by atoms with Gasteiger partial charge < -0.3 is 30.3 Å². The summed E-state index contributed by atoms with van der Waals surface area (Å²) < 4.78 is 12.9. The molecule has 4 aromatic carbocycles. The van der Waals surface area contributed by atoms with Crippen molar-refractivity contribution in [1.82, 2.24) is 5.32 Å². The van der Waals surface area contributed by atoms with Crippen LogP contribution in [0.3, 0.4) is 0 Å². The second-order valence-corrected chi connectivity index (χ2v) is 11.8. The highest BCUT2D eigenvalue weighted by Gasteiger charge is 2.32. The van der Waals surface area contributed by atoms with Gasteiger partial charge in [-0.25, -0.2) is 4.79 Å². The Morgan fingerprint density at radius 2 is 1.64 bits per heavy atom. The monoisotopic (exact) mass is 612 g/mol. The number of aliphatic hydroxyl groups is 1. The van der Waals surface area contributed by atoms with Gasteiger partial charge in [0.05, 0.1) is 24.9 Å². The summed E-state index contributed by atoms with van der Waals surface area (Å²) in [7, 11) is 0. The van der Waals surface area contributed by atoms with Crippen molar-refractivity contribution in [2.24, 2.45) is 0 Å². The zero-order valence-corrected chi connectivity index (χ0v) is 25.2. The van der Waals surface area contributed by atoms with Gasteiger partial charge in [0.1, 0.15) is 5.75 Å². The summed E-state index contributed by atoms with van der Waals surface area (Å²) in [5, 5.41) is 24.7. The highest BCUT2D eigenvalue weighted by Crippen LogP contribution is 2.40. The summed E-state index contributed by atoms with van der Waals surface area (Å²) in [6, 6.07) is 30.5. The lowest BCUT2D eigenvalue weighted by molar-refractivity contribution is -0.245. The smallest absolute Gasteiger partial charge is 0.319 e. The second kappa shape index (κ2) is 15.0. The third kappa shape index (κ3) is 8.70. The van der Waals surface area contributed by atoms with E-state index in [-0.39, 0.29) is 30.3 Å². The number of aromatic hydroxyl groups is 1. The first-order valence-corrected chi connectivity index (χ1v) is 15.5. The summed E-state index contributed by atoms with van der Waals surface area (Å²) in [5.74, 6) is 0.763. The van der Waals surface area contributed by atoms with E-state index in [1.165, 1.54) is 6.92 Å². The summed E-state index contributed by atoms with van der Waals surface area (Å²) in [6.07, 6.45) is -0.0544. The van der Waals surface area contributed by atoms with E-state index in [9.17, 15) is 19.8 Å². The maximum Gasteiger partial charge on any atom is 0.319 e. The zero-order chi connectivity index (χ0) is 30.9. The number of phenolic OH excluding ortho intramolecular Hbond substituents is 1. The van der Waals surface area contributed by atoms with E-state index >= 15 is 0 Å². The molecule has 4 atom stereocenters. The molecule has 8 nitrogen and oxygen atoms in total. The lowest BCUT2D eigenvalue weighted by Crippen LogP contribution is -2.43. The fourth-order valence-electron chi connectivity index (χ4n) is 4.99. The van der Waals surface area contributed by atoms with Crippen LogP contribution >= 0.6 is 11.8 Å². The normalized spacial score (nSPS) is 18.7. The molecule has 1 aliphatic rings. The average molecular weight is 613 g/mol. The average Bonchev–Trinajstić information content (AvgIpc) is 3.04. The van der Waals surface area contributed by atoms with Crippen molar-refractivity contribution in [3.63, 3.8) is 0 Å². The minimum atomic E-state index is -0.690. The number of thioether (sulfide) groups is 1. The van der Waals surface area contributed by atoms with Crippen LogP contribution in [0.2, 0.25) is 0 Å². The number of ether oxygens (including phenoxy) is 2. The summed E-state index contributed by atoms with van der Waals surface area (Å²) in [6.45, 7) is 1.44. The number of carbonyl (C=O) groups excluding carboxylic acids is 2. The number of rotatable bonds is 11. The molecule has 0 spiro atoms. The van der Waals surface area contributed by atoms with Gasteiger partial charge in [-0.3, -0.25) is 4.79 Å². The van der Waals surface area contributed by atoms with E-state index < -0.39 is 18.4 Å². The molecule has 1 heterocycles. The minimum absolute atomic E-state index is 0.0315. The van der Waals surface area contributed by atoms with E-state index in [1.807, 2.05) is 84.9 Å². The van der Waals surface area contributed by atoms with Gasteiger partial charge in [0.15, 0.2) is 12.1 Å². The number of amides is 2. The molecule has 0 radical (unpaired) electrons. The van der Waals surface area contributed by atoms with Crippen LogP contribution < -0.4 is 10.6 Å². The van der Waals surface area contributed by atoms with Crippen molar-refractivity contribution < 1.29 is 29.3 Å². The van der Waals surface area contributed by atoms with Crippen LogP contribution in [0.4, 0.5) is 10.5 Å². The number of hydrogen-bond donors (Lipinski definition) is 4. The molecular formula is C35H36N2O6S. The molecular weight excluding hydrogens is 576 g/mol. The largest absolute Gasteiger partial charge is 0.508 e. The molecule has 4 aromatic rings. The van der Waals surface area contributed by atoms with Crippen molar-refractivity contribution in [1.29, 1.82) is 0 Å². The molecule has 1 fully saturated rings. The molecule has 228 valence electrons. The first kappa shape index (κ1) is 31.3. The molecule has 2 amide bonds. The number of hydrogen-bond acceptors (Lipinski definition) is 7. The number of nitrogens with one attached hydrogen (secondary N) is 2. The molecule has 4 unspecified atom stereocenters. The van der Waals surface area contributed by atoms with Gasteiger partial charge in [0.25, 0.3) is 0 Å². The van der Waals surface area contributed by atoms with Crippen LogP contribution in [0.25, 0.3) is 0 Å². The Morgan fingerprint density at radius 1 is 0.886 bits per heavy atom. The van der Waals surface area contributed by atoms with E-state index in [4.69, 9.17) is 9.47 Å². The lowest BCUT2D eigenvalue weighted by atomic mass is 10.0. The molecule has 1 aliphatic heterocycles. The highest BCUT2D eigenvalue weighted by molar-refractivity contribution is 7.99. The van der Waals surface area contributed by atoms with Crippen molar-refractivity contribution in [3.8, 4) is 5.75 Å². The number of ketones is 1. The first-order chi connectivity index (χ1) is 21.4. The maximum atomic E-state index is 12.9. The Hall–Kier alpha value is -4.15. The predicted octanol–water partition coefficient (Wildman–Crippen LogP) is 6.54. The molecule has 9 heteroatoms. The highest BCUT2D eigenvalue weighted by atomic mass is 32.2. The van der Waals surface area contributed by atoms with Crippen LogP contribution in [0.15, 0.2) is 108 Å². The van der Waals surface area contributed by atoms with Gasteiger partial charge in [-0.15, -0.1) is 11.8 Å². The van der Waals surface area contributed by atoms with Gasteiger partial charge in [-0.05, 0) is 66.4 Å². The van der Waals surface area contributed by atoms with Crippen molar-refractivity contribution in [2.75, 3.05) is 11.1 Å². The summed E-state index contributed by atoms with van der Waals surface area (Å²) in [5.41, 5.74) is 4.05. The predicted molar refractivity (Wildman–Crippen MR) is 170 cm³/mol. The van der Waals surface area contributed by atoms with Crippen LogP contribution in [0.1, 0.15) is 48.0 Å². The Labute approximate surface area is 261 Å². The van der Waals surface area contributed by atoms with Crippen LogP contribution in [0, 0.1) is 0 Å². The van der Waals surface area contributed by atoms with E-state index in [0.29, 0.717) is 24.3 Å². The zero-order valence-electron chi connectivity index (χ0n) is 24.4. The number of benzene rings is 4. The number of carbonyl (C=O) groups is 2. The third-order valence-corrected chi connectivity index (χ3v) is 8.53. The molecule has 4 N–H and O–H groups in total. The van der Waals surface area contributed by atoms with Gasteiger partial charge in [0, 0.05) is 28.3 Å². The van der Waals surface area contributed by atoms with Crippen LogP contribution in [-0.2, 0) is 27.3 Å². The van der Waals surface area contributed by atoms with Gasteiger partial charge in [-0.2, -0.15) is 0 Å². The number of urea groups is 1. The Bertz CT molecular complexity index is 1530. The quantitative estimate of drug-likeness (QED) is 0.142. The molecule has 1 saturated heterocycles. The van der Waals surface area contributed by atoms with E-state index in [0.717, 1.165) is 27.1 Å². The first-order valence-electron chi connectivity index (χ1n) is 14.5. The van der Waals surface area contributed by atoms with Gasteiger partial charge >= 0.3 is 6.03 Å². The topological polar surface area (TPSA) is 117 Å². The fraction of sp³-hybridized carbons (Fsp3) is 0.257. The lowest BCUT2D eigenvalue weighted by Gasteiger charge is -2.36. The Morgan fingerprint density at radius 3 is 2.34 bits per heavy atom.